The maximum absolute atomic E-state index is 12.6. The summed E-state index contributed by atoms with van der Waals surface area (Å²) in [6, 6.07) is 5.97. The molecule has 4 N–H and O–H groups in total. The van der Waals surface area contributed by atoms with Crippen LogP contribution in [0.1, 0.15) is 23.2 Å². The molecule has 0 bridgehead atoms. The Morgan fingerprint density at radius 2 is 2.29 bits per heavy atom. The van der Waals surface area contributed by atoms with Crippen molar-refractivity contribution in [3.05, 3.63) is 41.5 Å². The number of nitrogens with zero attached hydrogens (tertiary/aromatic N) is 1. The molecule has 1 amide bonds. The van der Waals surface area contributed by atoms with Crippen molar-refractivity contribution < 1.29 is 4.79 Å². The molecule has 1 fully saturated rings. The van der Waals surface area contributed by atoms with E-state index in [1.54, 1.807) is 6.20 Å². The Kier molecular flexibility index (Phi) is 4.18. The minimum Gasteiger partial charge on any atom is -0.348 e. The van der Waals surface area contributed by atoms with E-state index in [4.69, 9.17) is 0 Å². The average molecular weight is 341 g/mol. The molecular weight excluding hydrogens is 322 g/mol. The first-order chi connectivity index (χ1) is 11.8. The molecule has 0 saturated carbocycles. The van der Waals surface area contributed by atoms with Gasteiger partial charge in [0.15, 0.2) is 0 Å². The molecule has 1 atom stereocenters. The molecule has 1 aliphatic rings. The fourth-order valence-electron chi connectivity index (χ4n) is 3.02. The predicted molar refractivity (Wildman–Crippen MR) is 97.1 cm³/mol. The topological polar surface area (TPSA) is 81.8 Å². The summed E-state index contributed by atoms with van der Waals surface area (Å²) < 4.78 is 0. The molecule has 0 spiro atoms. The number of anilines is 2. The molecule has 6 nitrogen and oxygen atoms in total. The number of rotatable bonds is 4. The second-order valence-corrected chi connectivity index (χ2v) is 6.82. The quantitative estimate of drug-likeness (QED) is 0.588. The number of hydrogen-bond donors (Lipinski definition) is 4. The summed E-state index contributed by atoms with van der Waals surface area (Å²) in [4.78, 5) is 20.0. The van der Waals surface area contributed by atoms with Crippen LogP contribution >= 0.6 is 11.3 Å². The summed E-state index contributed by atoms with van der Waals surface area (Å²) in [5, 5.41) is 13.6. The molecule has 7 heteroatoms. The number of fused-ring (bicyclic) bond motifs is 1. The van der Waals surface area contributed by atoms with E-state index in [9.17, 15) is 4.79 Å². The van der Waals surface area contributed by atoms with Crippen molar-refractivity contribution in [2.24, 2.45) is 0 Å². The van der Waals surface area contributed by atoms with E-state index in [0.29, 0.717) is 5.56 Å². The third-order valence-electron chi connectivity index (χ3n) is 4.25. The van der Waals surface area contributed by atoms with Crippen LogP contribution in [0, 0.1) is 0 Å². The number of pyridine rings is 1. The van der Waals surface area contributed by atoms with E-state index in [2.05, 4.69) is 25.9 Å². The van der Waals surface area contributed by atoms with Gasteiger partial charge in [0, 0.05) is 30.4 Å². The lowest BCUT2D eigenvalue weighted by atomic mass is 10.1. The fourth-order valence-corrected chi connectivity index (χ4v) is 3.81. The fraction of sp³-hybridized carbons (Fsp3) is 0.294. The molecular formula is C17H19N5OS. The van der Waals surface area contributed by atoms with Crippen LogP contribution in [0.15, 0.2) is 36.0 Å². The lowest BCUT2D eigenvalue weighted by Crippen LogP contribution is -2.45. The van der Waals surface area contributed by atoms with E-state index in [1.807, 2.05) is 29.8 Å². The predicted octanol–water partition coefficient (Wildman–Crippen LogP) is 2.85. The van der Waals surface area contributed by atoms with Crippen LogP contribution in [-0.2, 0) is 0 Å². The largest absolute Gasteiger partial charge is 0.348 e. The number of carbonyl (C=O) groups is 1. The zero-order chi connectivity index (χ0) is 16.4. The van der Waals surface area contributed by atoms with Gasteiger partial charge in [-0.3, -0.25) is 4.79 Å². The molecule has 124 valence electrons. The van der Waals surface area contributed by atoms with Gasteiger partial charge in [0.05, 0.1) is 11.3 Å². The second kappa shape index (κ2) is 6.62. The molecule has 1 unspecified atom stereocenters. The summed E-state index contributed by atoms with van der Waals surface area (Å²) in [6.45, 7) is 1.87. The number of carbonyl (C=O) groups excluding carboxylic acids is 1. The van der Waals surface area contributed by atoms with Crippen LogP contribution in [-0.4, -0.2) is 35.0 Å². The number of aromatic nitrogens is 2. The van der Waals surface area contributed by atoms with Gasteiger partial charge in [-0.15, -0.1) is 11.3 Å². The molecule has 0 aliphatic carbocycles. The number of hydrogen-bond acceptors (Lipinski definition) is 5. The van der Waals surface area contributed by atoms with Crippen LogP contribution in [0.2, 0.25) is 0 Å². The highest BCUT2D eigenvalue weighted by Crippen LogP contribution is 2.30. The lowest BCUT2D eigenvalue weighted by Gasteiger charge is -2.23. The SMILES string of the molecule is O=C(NC1CCCNC1)c1ccsc1Nc1ccnc2[nH]ccc12. The van der Waals surface area contributed by atoms with Gasteiger partial charge in [-0.25, -0.2) is 4.98 Å². The van der Waals surface area contributed by atoms with E-state index >= 15 is 0 Å². The van der Waals surface area contributed by atoms with Crippen molar-refractivity contribution >= 4 is 39.0 Å². The monoisotopic (exact) mass is 341 g/mol. The first-order valence-electron chi connectivity index (χ1n) is 8.09. The van der Waals surface area contributed by atoms with Crippen molar-refractivity contribution in [1.29, 1.82) is 0 Å². The first kappa shape index (κ1) is 15.2. The Balaban J connectivity index is 1.54. The van der Waals surface area contributed by atoms with E-state index in [1.165, 1.54) is 11.3 Å². The maximum atomic E-state index is 12.6. The maximum Gasteiger partial charge on any atom is 0.254 e. The van der Waals surface area contributed by atoms with E-state index in [0.717, 1.165) is 47.7 Å². The number of piperidine rings is 1. The van der Waals surface area contributed by atoms with Crippen LogP contribution < -0.4 is 16.0 Å². The highest BCUT2D eigenvalue weighted by atomic mass is 32.1. The Morgan fingerprint density at radius 1 is 1.33 bits per heavy atom. The summed E-state index contributed by atoms with van der Waals surface area (Å²) in [6.07, 6.45) is 5.74. The average Bonchev–Trinajstić information content (AvgIpc) is 3.25. The second-order valence-electron chi connectivity index (χ2n) is 5.90. The highest BCUT2D eigenvalue weighted by molar-refractivity contribution is 7.14. The lowest BCUT2D eigenvalue weighted by molar-refractivity contribution is 0.0932. The smallest absolute Gasteiger partial charge is 0.254 e. The molecule has 1 aliphatic heterocycles. The van der Waals surface area contributed by atoms with Gasteiger partial charge in [-0.05, 0) is 43.0 Å². The summed E-state index contributed by atoms with van der Waals surface area (Å²) in [5.41, 5.74) is 2.46. The van der Waals surface area contributed by atoms with Crippen molar-refractivity contribution in [2.45, 2.75) is 18.9 Å². The van der Waals surface area contributed by atoms with Crippen molar-refractivity contribution in [3.8, 4) is 0 Å². The zero-order valence-corrected chi connectivity index (χ0v) is 14.0. The molecule has 24 heavy (non-hydrogen) atoms. The van der Waals surface area contributed by atoms with E-state index in [-0.39, 0.29) is 11.9 Å². The summed E-state index contributed by atoms with van der Waals surface area (Å²) in [7, 11) is 0. The molecule has 3 aromatic heterocycles. The first-order valence-corrected chi connectivity index (χ1v) is 8.97. The van der Waals surface area contributed by atoms with Crippen LogP contribution in [0.4, 0.5) is 10.7 Å². The van der Waals surface area contributed by atoms with Crippen molar-refractivity contribution in [1.82, 2.24) is 20.6 Å². The molecule has 0 radical (unpaired) electrons. The Labute approximate surface area is 143 Å². The van der Waals surface area contributed by atoms with Gasteiger partial charge >= 0.3 is 0 Å². The Bertz CT molecular complexity index is 849. The Hall–Kier alpha value is -2.38. The number of nitrogens with one attached hydrogen (secondary N) is 4. The third-order valence-corrected chi connectivity index (χ3v) is 5.08. The van der Waals surface area contributed by atoms with Gasteiger partial charge in [-0.1, -0.05) is 0 Å². The van der Waals surface area contributed by atoms with Crippen LogP contribution in [0.5, 0.6) is 0 Å². The number of thiophene rings is 1. The van der Waals surface area contributed by atoms with Crippen LogP contribution in [0.25, 0.3) is 11.0 Å². The van der Waals surface area contributed by atoms with E-state index < -0.39 is 0 Å². The zero-order valence-electron chi connectivity index (χ0n) is 13.1. The summed E-state index contributed by atoms with van der Waals surface area (Å²) in [5.74, 6) is -0.0215. The number of aromatic amines is 1. The molecule has 3 aromatic rings. The minimum absolute atomic E-state index is 0.0215. The molecule has 1 saturated heterocycles. The Morgan fingerprint density at radius 3 is 3.17 bits per heavy atom. The normalized spacial score (nSPS) is 17.8. The number of H-pyrrole nitrogens is 1. The molecule has 0 aromatic carbocycles. The van der Waals surface area contributed by atoms with Gasteiger partial charge in [0.2, 0.25) is 0 Å². The standard InChI is InChI=1S/C17H19N5OS/c23-16(21-11-2-1-6-18-10-11)13-5-9-24-17(13)22-14-4-8-20-15-12(14)3-7-19-15/h3-5,7-9,11,18H,1-2,6,10H2,(H,21,23)(H2,19,20,22). The molecule has 4 heterocycles. The number of amides is 1. The molecule has 4 rings (SSSR count). The minimum atomic E-state index is -0.0215. The van der Waals surface area contributed by atoms with Crippen LogP contribution in [0.3, 0.4) is 0 Å². The van der Waals surface area contributed by atoms with Gasteiger partial charge in [0.1, 0.15) is 10.6 Å². The van der Waals surface area contributed by atoms with Gasteiger partial charge in [-0.2, -0.15) is 0 Å². The highest BCUT2D eigenvalue weighted by Gasteiger charge is 2.19. The van der Waals surface area contributed by atoms with Crippen molar-refractivity contribution in [3.63, 3.8) is 0 Å². The summed E-state index contributed by atoms with van der Waals surface area (Å²) >= 11 is 1.53. The third kappa shape index (κ3) is 3.00. The van der Waals surface area contributed by atoms with Gasteiger partial charge in [0.25, 0.3) is 5.91 Å². The van der Waals surface area contributed by atoms with Crippen molar-refractivity contribution in [2.75, 3.05) is 18.4 Å². The van der Waals surface area contributed by atoms with Gasteiger partial charge < -0.3 is 20.9 Å².